The maximum atomic E-state index is 12.2. The zero-order valence-electron chi connectivity index (χ0n) is 17.8. The molecule has 2 N–H and O–H groups in total. The molecule has 0 bridgehead atoms. The Morgan fingerprint density at radius 3 is 2.77 bits per heavy atom. The standard InChI is InChI=1S/C23H32N2O5/c1-3-16(4-2)23(27)24-14-22-21(26)11-10-19(29-22)12-17-13-20(30-25-17)15-28-18-8-6-5-7-9-18/h5-9,13,16,19,21-22,26H,3-4,10-12,14-15H2,1-2H3,(H,24,27)/t19-,21-,22+/m0/s1. The number of nitrogens with zero attached hydrogens (tertiary/aromatic N) is 1. The van der Waals surface area contributed by atoms with Crippen molar-refractivity contribution in [3.05, 3.63) is 47.9 Å². The van der Waals surface area contributed by atoms with Crippen LogP contribution < -0.4 is 10.1 Å². The smallest absolute Gasteiger partial charge is 0.223 e. The molecule has 1 aliphatic heterocycles. The Kier molecular flexibility index (Phi) is 8.28. The van der Waals surface area contributed by atoms with Crippen molar-refractivity contribution in [2.45, 2.75) is 70.9 Å². The highest BCUT2D eigenvalue weighted by atomic mass is 16.5. The van der Waals surface area contributed by atoms with Gasteiger partial charge in [-0.25, -0.2) is 0 Å². The van der Waals surface area contributed by atoms with Crippen molar-refractivity contribution < 1.29 is 23.9 Å². The molecule has 3 rings (SSSR count). The molecular weight excluding hydrogens is 384 g/mol. The molecule has 2 heterocycles. The third kappa shape index (κ3) is 6.31. The number of hydrogen-bond donors (Lipinski definition) is 2. The van der Waals surface area contributed by atoms with Gasteiger partial charge in [0.05, 0.1) is 17.9 Å². The number of amides is 1. The number of para-hydroxylation sites is 1. The topological polar surface area (TPSA) is 93.8 Å². The molecule has 1 fully saturated rings. The lowest BCUT2D eigenvalue weighted by atomic mass is 9.97. The molecule has 1 amide bonds. The van der Waals surface area contributed by atoms with E-state index in [1.54, 1.807) is 0 Å². The van der Waals surface area contributed by atoms with Crippen LogP contribution >= 0.6 is 0 Å². The van der Waals surface area contributed by atoms with Crippen LogP contribution in [0.3, 0.4) is 0 Å². The lowest BCUT2D eigenvalue weighted by Crippen LogP contribution is -2.47. The maximum Gasteiger partial charge on any atom is 0.223 e. The van der Waals surface area contributed by atoms with Crippen LogP contribution in [0.15, 0.2) is 40.9 Å². The highest BCUT2D eigenvalue weighted by molar-refractivity contribution is 5.78. The number of carbonyl (C=O) groups is 1. The van der Waals surface area contributed by atoms with Gasteiger partial charge in [0.25, 0.3) is 0 Å². The number of hydrogen-bond acceptors (Lipinski definition) is 6. The number of rotatable bonds is 10. The largest absolute Gasteiger partial charge is 0.486 e. The van der Waals surface area contributed by atoms with Crippen LogP contribution in [0.25, 0.3) is 0 Å². The van der Waals surface area contributed by atoms with E-state index in [1.807, 2.05) is 50.2 Å². The van der Waals surface area contributed by atoms with Crippen molar-refractivity contribution in [2.75, 3.05) is 6.54 Å². The monoisotopic (exact) mass is 416 g/mol. The van der Waals surface area contributed by atoms with Gasteiger partial charge >= 0.3 is 0 Å². The molecule has 2 aromatic rings. The van der Waals surface area contributed by atoms with E-state index >= 15 is 0 Å². The van der Waals surface area contributed by atoms with Crippen LogP contribution in [0, 0.1) is 5.92 Å². The summed E-state index contributed by atoms with van der Waals surface area (Å²) in [6, 6.07) is 11.4. The Morgan fingerprint density at radius 1 is 1.27 bits per heavy atom. The van der Waals surface area contributed by atoms with Gasteiger partial charge in [-0.05, 0) is 37.8 Å². The van der Waals surface area contributed by atoms with Gasteiger partial charge in [0, 0.05) is 24.9 Å². The Balaban J connectivity index is 1.47. The third-order valence-corrected chi connectivity index (χ3v) is 5.58. The molecule has 0 unspecified atom stereocenters. The van der Waals surface area contributed by atoms with E-state index in [0.717, 1.165) is 30.7 Å². The van der Waals surface area contributed by atoms with E-state index in [-0.39, 0.29) is 17.9 Å². The Labute approximate surface area is 177 Å². The van der Waals surface area contributed by atoms with Crippen molar-refractivity contribution in [3.8, 4) is 5.75 Å². The zero-order valence-corrected chi connectivity index (χ0v) is 17.8. The summed E-state index contributed by atoms with van der Waals surface area (Å²) >= 11 is 0. The van der Waals surface area contributed by atoms with E-state index in [4.69, 9.17) is 14.0 Å². The van der Waals surface area contributed by atoms with Crippen molar-refractivity contribution in [1.29, 1.82) is 0 Å². The maximum absolute atomic E-state index is 12.2. The fourth-order valence-electron chi connectivity index (χ4n) is 3.71. The molecule has 7 heteroatoms. The minimum absolute atomic E-state index is 0.00758. The van der Waals surface area contributed by atoms with Crippen molar-refractivity contribution >= 4 is 5.91 Å². The summed E-state index contributed by atoms with van der Waals surface area (Å²) in [7, 11) is 0. The fourth-order valence-corrected chi connectivity index (χ4v) is 3.71. The number of aliphatic hydroxyl groups is 1. The van der Waals surface area contributed by atoms with Crippen molar-refractivity contribution in [3.63, 3.8) is 0 Å². The SMILES string of the molecule is CCC(CC)C(=O)NC[C@H]1O[C@H](Cc2cc(COc3ccccc3)on2)CC[C@@H]1O. The molecule has 3 atom stereocenters. The van der Waals surface area contributed by atoms with E-state index in [1.165, 1.54) is 0 Å². The molecule has 0 radical (unpaired) electrons. The summed E-state index contributed by atoms with van der Waals surface area (Å²) in [6.07, 6.45) is 2.53. The van der Waals surface area contributed by atoms with Gasteiger partial charge in [0.1, 0.15) is 18.5 Å². The van der Waals surface area contributed by atoms with Crippen LogP contribution in [0.5, 0.6) is 5.75 Å². The molecule has 7 nitrogen and oxygen atoms in total. The summed E-state index contributed by atoms with van der Waals surface area (Å²) < 4.78 is 17.1. The third-order valence-electron chi connectivity index (χ3n) is 5.58. The highest BCUT2D eigenvalue weighted by Gasteiger charge is 2.31. The van der Waals surface area contributed by atoms with E-state index in [0.29, 0.717) is 31.8 Å². The van der Waals surface area contributed by atoms with Crippen LogP contribution in [0.1, 0.15) is 51.0 Å². The van der Waals surface area contributed by atoms with Gasteiger partial charge < -0.3 is 24.4 Å². The molecule has 164 valence electrons. The minimum Gasteiger partial charge on any atom is -0.486 e. The Hall–Kier alpha value is -2.38. The van der Waals surface area contributed by atoms with Gasteiger partial charge in [-0.3, -0.25) is 4.79 Å². The Morgan fingerprint density at radius 2 is 2.03 bits per heavy atom. The zero-order chi connectivity index (χ0) is 21.3. The van der Waals surface area contributed by atoms with Crippen LogP contribution in [-0.4, -0.2) is 41.0 Å². The normalized spacial score (nSPS) is 21.5. The lowest BCUT2D eigenvalue weighted by molar-refractivity contribution is -0.132. The van der Waals surface area contributed by atoms with E-state index in [2.05, 4.69) is 10.5 Å². The van der Waals surface area contributed by atoms with Crippen LogP contribution in [0.4, 0.5) is 0 Å². The predicted molar refractivity (Wildman–Crippen MR) is 112 cm³/mol. The van der Waals surface area contributed by atoms with Gasteiger partial charge in [-0.15, -0.1) is 0 Å². The van der Waals surface area contributed by atoms with Gasteiger partial charge in [0.15, 0.2) is 5.76 Å². The van der Waals surface area contributed by atoms with Crippen molar-refractivity contribution in [1.82, 2.24) is 10.5 Å². The summed E-state index contributed by atoms with van der Waals surface area (Å²) in [5.74, 6) is 1.46. The van der Waals surface area contributed by atoms with Crippen LogP contribution in [0.2, 0.25) is 0 Å². The first-order chi connectivity index (χ1) is 14.6. The molecule has 0 aliphatic carbocycles. The van der Waals surface area contributed by atoms with Gasteiger partial charge in [-0.2, -0.15) is 0 Å². The summed E-state index contributed by atoms with van der Waals surface area (Å²) in [6.45, 7) is 4.65. The second-order valence-corrected chi connectivity index (χ2v) is 7.79. The number of aromatic nitrogens is 1. The molecular formula is C23H32N2O5. The first-order valence-electron chi connectivity index (χ1n) is 10.8. The van der Waals surface area contributed by atoms with Crippen LogP contribution in [-0.2, 0) is 22.6 Å². The lowest BCUT2D eigenvalue weighted by Gasteiger charge is -2.34. The molecule has 1 aromatic heterocycles. The van der Waals surface area contributed by atoms with Gasteiger partial charge in [0.2, 0.25) is 5.91 Å². The van der Waals surface area contributed by atoms with E-state index in [9.17, 15) is 9.90 Å². The first kappa shape index (κ1) is 22.3. The predicted octanol–water partition coefficient (Wildman–Crippen LogP) is 3.26. The molecule has 30 heavy (non-hydrogen) atoms. The molecule has 1 saturated heterocycles. The highest BCUT2D eigenvalue weighted by Crippen LogP contribution is 2.23. The molecule has 0 saturated carbocycles. The first-order valence-corrected chi connectivity index (χ1v) is 10.8. The van der Waals surface area contributed by atoms with E-state index < -0.39 is 12.2 Å². The summed E-state index contributed by atoms with van der Waals surface area (Å²) in [5, 5.41) is 17.3. The number of nitrogens with one attached hydrogen (secondary N) is 1. The van der Waals surface area contributed by atoms with Crippen molar-refractivity contribution in [2.24, 2.45) is 5.92 Å². The quantitative estimate of drug-likeness (QED) is 0.617. The Bertz CT molecular complexity index is 775. The number of carbonyl (C=O) groups excluding carboxylic acids is 1. The van der Waals surface area contributed by atoms with Gasteiger partial charge in [-0.1, -0.05) is 37.2 Å². The summed E-state index contributed by atoms with van der Waals surface area (Å²) in [5.41, 5.74) is 0.794. The second-order valence-electron chi connectivity index (χ2n) is 7.79. The fraction of sp³-hybridized carbons (Fsp3) is 0.565. The minimum atomic E-state index is -0.574. The second kappa shape index (κ2) is 11.1. The average molecular weight is 417 g/mol. The molecule has 1 aromatic carbocycles. The summed E-state index contributed by atoms with van der Waals surface area (Å²) in [4.78, 5) is 12.2. The number of ether oxygens (including phenoxy) is 2. The number of benzene rings is 1. The molecule has 1 aliphatic rings. The molecule has 0 spiro atoms. The average Bonchev–Trinajstić information content (AvgIpc) is 3.21. The number of aliphatic hydroxyl groups excluding tert-OH is 1.